The molecule has 1 aliphatic carbocycles. The van der Waals surface area contributed by atoms with Crippen molar-refractivity contribution in [1.82, 2.24) is 26.2 Å². The Morgan fingerprint density at radius 2 is 1.69 bits per heavy atom. The number of anilines is 1. The molecule has 8 nitrogen and oxygen atoms in total. The summed E-state index contributed by atoms with van der Waals surface area (Å²) in [6.45, 7) is 3.06. The van der Waals surface area contributed by atoms with E-state index in [9.17, 15) is 14.0 Å². The van der Waals surface area contributed by atoms with Gasteiger partial charge in [0.15, 0.2) is 0 Å². The fraction of sp³-hybridized carbons (Fsp3) is 0.462. The van der Waals surface area contributed by atoms with Crippen LogP contribution in [0, 0.1) is 17.7 Å². The number of nitrogens with zero attached hydrogens (tertiary/aromatic N) is 3. The molecule has 0 spiro atoms. The second-order valence-corrected chi connectivity index (χ2v) is 9.95. The molecule has 2 aromatic carbocycles. The van der Waals surface area contributed by atoms with E-state index >= 15 is 0 Å². The van der Waals surface area contributed by atoms with E-state index in [1.807, 2.05) is 28.1 Å². The predicted molar refractivity (Wildman–Crippen MR) is 129 cm³/mol. The van der Waals surface area contributed by atoms with Crippen LogP contribution in [0.4, 0.5) is 10.1 Å². The highest BCUT2D eigenvalue weighted by molar-refractivity contribution is 5.83. The van der Waals surface area contributed by atoms with Crippen LogP contribution < -0.4 is 21.2 Å². The second-order valence-electron chi connectivity index (χ2n) is 9.95. The van der Waals surface area contributed by atoms with Gasteiger partial charge in [-0.1, -0.05) is 36.4 Å². The van der Waals surface area contributed by atoms with E-state index in [0.717, 1.165) is 19.5 Å². The van der Waals surface area contributed by atoms with Crippen molar-refractivity contribution in [3.63, 3.8) is 0 Å². The number of rotatable bonds is 3. The summed E-state index contributed by atoms with van der Waals surface area (Å²) in [4.78, 5) is 30.8. The molecule has 9 heteroatoms. The van der Waals surface area contributed by atoms with Crippen LogP contribution in [0.2, 0.25) is 0 Å². The predicted octanol–water partition coefficient (Wildman–Crippen LogP) is 1.78. The average Bonchev–Trinajstić information content (AvgIpc) is 3.32. The Kier molecular flexibility index (Phi) is 5.91. The van der Waals surface area contributed by atoms with Gasteiger partial charge in [0.1, 0.15) is 12.0 Å². The summed E-state index contributed by atoms with van der Waals surface area (Å²) in [5, 5.41) is 5.07. The number of nitrogens with one attached hydrogen (secondary N) is 3. The molecule has 2 amide bonds. The smallest absolute Gasteiger partial charge is 0.226 e. The van der Waals surface area contributed by atoms with Gasteiger partial charge in [0.05, 0.1) is 12.0 Å². The molecular weight excluding hydrogens is 447 g/mol. The number of hydrazine groups is 2. The summed E-state index contributed by atoms with van der Waals surface area (Å²) in [6.07, 6.45) is 1.59. The van der Waals surface area contributed by atoms with Crippen molar-refractivity contribution in [1.29, 1.82) is 0 Å². The van der Waals surface area contributed by atoms with Gasteiger partial charge in [0.2, 0.25) is 11.8 Å². The van der Waals surface area contributed by atoms with Crippen molar-refractivity contribution < 1.29 is 14.0 Å². The van der Waals surface area contributed by atoms with E-state index in [-0.39, 0.29) is 35.5 Å². The molecule has 3 aliphatic heterocycles. The van der Waals surface area contributed by atoms with Gasteiger partial charge in [-0.25, -0.2) is 14.8 Å². The number of hydrogen-bond acceptors (Lipinski definition) is 6. The SMILES string of the molecule is O=C1NC2C(c3ccccc3F)NNN2C2CC(C(=O)N3CCN(c4ccccc4)CC3)CCC12. The van der Waals surface area contributed by atoms with Gasteiger partial charge < -0.3 is 15.1 Å². The van der Waals surface area contributed by atoms with Gasteiger partial charge in [-0.15, -0.1) is 0 Å². The lowest BCUT2D eigenvalue weighted by Gasteiger charge is -2.47. The molecule has 0 radical (unpaired) electrons. The third-order valence-corrected chi connectivity index (χ3v) is 8.07. The minimum Gasteiger partial charge on any atom is -0.368 e. The Balaban J connectivity index is 1.13. The van der Waals surface area contributed by atoms with Gasteiger partial charge in [-0.3, -0.25) is 9.59 Å². The van der Waals surface area contributed by atoms with Crippen LogP contribution in [0.25, 0.3) is 0 Å². The highest BCUT2D eigenvalue weighted by Gasteiger charge is 2.52. The van der Waals surface area contributed by atoms with Crippen molar-refractivity contribution in [2.24, 2.45) is 11.8 Å². The molecule has 184 valence electrons. The molecule has 0 bridgehead atoms. The summed E-state index contributed by atoms with van der Waals surface area (Å²) in [6, 6.07) is 16.4. The average molecular weight is 479 g/mol. The number of amides is 2. The maximum Gasteiger partial charge on any atom is 0.226 e. The summed E-state index contributed by atoms with van der Waals surface area (Å²) >= 11 is 0. The number of piperazine rings is 1. The van der Waals surface area contributed by atoms with E-state index in [0.29, 0.717) is 31.5 Å². The zero-order chi connectivity index (χ0) is 23.9. The van der Waals surface area contributed by atoms with Crippen molar-refractivity contribution in [3.05, 3.63) is 66.0 Å². The van der Waals surface area contributed by atoms with Crippen LogP contribution in [-0.4, -0.2) is 60.1 Å². The Labute approximate surface area is 204 Å². The topological polar surface area (TPSA) is 79.9 Å². The molecule has 0 aromatic heterocycles. The molecule has 3 heterocycles. The maximum absolute atomic E-state index is 14.5. The summed E-state index contributed by atoms with van der Waals surface area (Å²) in [5.41, 5.74) is 8.04. The van der Waals surface area contributed by atoms with Crippen LogP contribution in [0.15, 0.2) is 54.6 Å². The lowest BCUT2D eigenvalue weighted by atomic mass is 9.75. The van der Waals surface area contributed by atoms with Crippen LogP contribution in [0.1, 0.15) is 30.9 Å². The molecule has 3 saturated heterocycles. The second kappa shape index (κ2) is 9.22. The third-order valence-electron chi connectivity index (χ3n) is 8.07. The number of carbonyl (C=O) groups excluding carboxylic acids is 2. The van der Waals surface area contributed by atoms with Crippen molar-refractivity contribution >= 4 is 17.5 Å². The summed E-state index contributed by atoms with van der Waals surface area (Å²) < 4.78 is 14.5. The fourth-order valence-electron chi connectivity index (χ4n) is 6.19. The standard InChI is InChI=1S/C26H31FN6O2/c27-21-9-5-4-8-19(21)23-24-28-25(34)20-11-10-17(16-22(20)33(24)30-29-23)26(35)32-14-12-31(13-15-32)18-6-2-1-3-7-18/h1-9,17,20,22-24,29-30H,10-16H2,(H,28,34). The van der Waals surface area contributed by atoms with Crippen LogP contribution in [-0.2, 0) is 9.59 Å². The monoisotopic (exact) mass is 478 g/mol. The highest BCUT2D eigenvalue weighted by Crippen LogP contribution is 2.39. The highest BCUT2D eigenvalue weighted by atomic mass is 19.1. The molecule has 4 aliphatic rings. The lowest BCUT2D eigenvalue weighted by Crippen LogP contribution is -2.66. The van der Waals surface area contributed by atoms with Crippen LogP contribution in [0.3, 0.4) is 0 Å². The Hall–Kier alpha value is -3.01. The Morgan fingerprint density at radius 3 is 2.46 bits per heavy atom. The van der Waals surface area contributed by atoms with Crippen LogP contribution >= 0.6 is 0 Å². The van der Waals surface area contributed by atoms with E-state index in [1.165, 1.54) is 11.8 Å². The minimum absolute atomic E-state index is 0.00883. The maximum atomic E-state index is 14.5. The summed E-state index contributed by atoms with van der Waals surface area (Å²) in [5.74, 6) is -0.419. The first-order valence-corrected chi connectivity index (χ1v) is 12.5. The fourth-order valence-corrected chi connectivity index (χ4v) is 6.19. The van der Waals surface area contributed by atoms with Crippen molar-refractivity contribution in [2.45, 2.75) is 37.5 Å². The first-order valence-electron chi connectivity index (χ1n) is 12.5. The first kappa shape index (κ1) is 22.5. The molecule has 3 N–H and O–H groups in total. The van der Waals surface area contributed by atoms with E-state index in [4.69, 9.17) is 0 Å². The van der Waals surface area contributed by atoms with Gasteiger partial charge >= 0.3 is 0 Å². The number of fused-ring (bicyclic) bond motifs is 3. The Bertz CT molecular complexity index is 1090. The van der Waals surface area contributed by atoms with Gasteiger partial charge in [-0.2, -0.15) is 5.53 Å². The largest absolute Gasteiger partial charge is 0.368 e. The quantitative estimate of drug-likeness (QED) is 0.624. The normalized spacial score (nSPS) is 31.0. The number of benzene rings is 2. The number of halogens is 1. The molecule has 6 rings (SSSR count). The zero-order valence-electron chi connectivity index (χ0n) is 19.6. The molecule has 5 unspecified atom stereocenters. The first-order chi connectivity index (χ1) is 17.1. The van der Waals surface area contributed by atoms with E-state index in [2.05, 4.69) is 33.3 Å². The molecule has 35 heavy (non-hydrogen) atoms. The summed E-state index contributed by atoms with van der Waals surface area (Å²) in [7, 11) is 0. The molecule has 4 fully saturated rings. The van der Waals surface area contributed by atoms with Crippen molar-refractivity contribution in [2.75, 3.05) is 31.1 Å². The van der Waals surface area contributed by atoms with Crippen molar-refractivity contribution in [3.8, 4) is 0 Å². The van der Waals surface area contributed by atoms with Crippen LogP contribution in [0.5, 0.6) is 0 Å². The number of para-hydroxylation sites is 1. The van der Waals surface area contributed by atoms with E-state index < -0.39 is 12.2 Å². The number of hydrogen-bond donors (Lipinski definition) is 3. The van der Waals surface area contributed by atoms with Gasteiger partial charge in [-0.05, 0) is 37.5 Å². The molecule has 2 aromatic rings. The van der Waals surface area contributed by atoms with E-state index in [1.54, 1.807) is 18.2 Å². The molecule has 5 atom stereocenters. The third kappa shape index (κ3) is 4.07. The van der Waals surface area contributed by atoms with Gasteiger partial charge in [0, 0.05) is 49.4 Å². The lowest BCUT2D eigenvalue weighted by molar-refractivity contribution is -0.147. The molecular formula is C26H31FN6O2. The Morgan fingerprint density at radius 1 is 0.943 bits per heavy atom. The zero-order valence-corrected chi connectivity index (χ0v) is 19.6. The molecule has 1 saturated carbocycles. The number of carbonyl (C=O) groups is 2. The van der Waals surface area contributed by atoms with Gasteiger partial charge in [0.25, 0.3) is 0 Å². The minimum atomic E-state index is -0.414.